The van der Waals surface area contributed by atoms with E-state index >= 15 is 0 Å². The molecule has 0 saturated carbocycles. The van der Waals surface area contributed by atoms with E-state index in [-0.39, 0.29) is 12.0 Å². The van der Waals surface area contributed by atoms with Crippen LogP contribution in [-0.2, 0) is 21.6 Å². The Morgan fingerprint density at radius 2 is 2.00 bits per heavy atom. The molecule has 0 aromatic heterocycles. The van der Waals surface area contributed by atoms with E-state index in [0.29, 0.717) is 0 Å². The molecule has 0 heterocycles. The largest absolute Gasteiger partial charge is 0.504 e. The van der Waals surface area contributed by atoms with Gasteiger partial charge in [0.1, 0.15) is 0 Å². The predicted octanol–water partition coefficient (Wildman–Crippen LogP) is 0.201. The van der Waals surface area contributed by atoms with E-state index in [0.717, 1.165) is 12.1 Å². The highest BCUT2D eigenvalue weighted by atomic mass is 32.3. The smallest absolute Gasteiger partial charge is 0.446 e. The van der Waals surface area contributed by atoms with Crippen LogP contribution >= 0.6 is 0 Å². The monoisotopic (exact) mass is 248 g/mol. The lowest BCUT2D eigenvalue weighted by Gasteiger charge is -2.05. The first-order valence-electron chi connectivity index (χ1n) is 3.98. The van der Waals surface area contributed by atoms with Crippen molar-refractivity contribution in [1.29, 1.82) is 0 Å². The van der Waals surface area contributed by atoms with Crippen molar-refractivity contribution in [2.24, 2.45) is 0 Å². The maximum absolute atomic E-state index is 10.3. The molecule has 0 saturated heterocycles. The quantitative estimate of drug-likeness (QED) is 0.650. The maximum atomic E-state index is 10.3. The third-order valence-electron chi connectivity index (χ3n) is 1.57. The average Bonchev–Trinajstić information content (AvgIpc) is 2.06. The molecule has 7 nitrogen and oxygen atoms in total. The van der Waals surface area contributed by atoms with Gasteiger partial charge in [-0.15, -0.1) is 0 Å². The van der Waals surface area contributed by atoms with Crippen molar-refractivity contribution in [1.82, 2.24) is 0 Å². The highest BCUT2D eigenvalue weighted by molar-refractivity contribution is 7.81. The number of hydrogen-bond donors (Lipinski definition) is 3. The fourth-order valence-electron chi connectivity index (χ4n) is 1.03. The number of aliphatic carboxylic acids is 1. The van der Waals surface area contributed by atoms with Crippen LogP contribution in [0.15, 0.2) is 18.2 Å². The number of carbonyl (C=O) groups is 1. The summed E-state index contributed by atoms with van der Waals surface area (Å²) >= 11 is 0. The van der Waals surface area contributed by atoms with Gasteiger partial charge in [-0.25, -0.2) is 0 Å². The van der Waals surface area contributed by atoms with Gasteiger partial charge in [-0.3, -0.25) is 9.35 Å². The number of phenolic OH excluding ortho intramolecular Hbond substituents is 1. The molecule has 88 valence electrons. The number of carboxylic acid groups (broad SMARTS) is 1. The molecule has 0 amide bonds. The minimum absolute atomic E-state index is 0.271. The van der Waals surface area contributed by atoms with Crippen molar-refractivity contribution < 1.29 is 32.2 Å². The Hall–Kier alpha value is -1.80. The highest BCUT2D eigenvalue weighted by Crippen LogP contribution is 2.27. The summed E-state index contributed by atoms with van der Waals surface area (Å²) in [6.07, 6.45) is -0.320. The third-order valence-corrected chi connectivity index (χ3v) is 1.96. The molecule has 0 aliphatic carbocycles. The molecule has 0 aliphatic rings. The first kappa shape index (κ1) is 12.3. The lowest BCUT2D eigenvalue weighted by atomic mass is 10.1. The summed E-state index contributed by atoms with van der Waals surface area (Å²) in [6.45, 7) is 0. The van der Waals surface area contributed by atoms with Crippen LogP contribution in [0.5, 0.6) is 11.5 Å². The van der Waals surface area contributed by atoms with Gasteiger partial charge in [-0.1, -0.05) is 6.07 Å². The van der Waals surface area contributed by atoms with E-state index in [9.17, 15) is 18.3 Å². The molecule has 3 N–H and O–H groups in total. The number of benzene rings is 1. The summed E-state index contributed by atoms with van der Waals surface area (Å²) in [5.41, 5.74) is 0.271. The molecule has 16 heavy (non-hydrogen) atoms. The molecule has 0 fully saturated rings. The van der Waals surface area contributed by atoms with Crippen LogP contribution in [0.3, 0.4) is 0 Å². The molecule has 1 rings (SSSR count). The van der Waals surface area contributed by atoms with Crippen LogP contribution < -0.4 is 4.18 Å². The highest BCUT2D eigenvalue weighted by Gasteiger charge is 2.12. The molecule has 0 radical (unpaired) electrons. The van der Waals surface area contributed by atoms with Crippen molar-refractivity contribution in [2.45, 2.75) is 6.42 Å². The van der Waals surface area contributed by atoms with Gasteiger partial charge in [-0.2, -0.15) is 8.42 Å². The number of aromatic hydroxyl groups is 1. The van der Waals surface area contributed by atoms with Crippen molar-refractivity contribution >= 4 is 16.4 Å². The van der Waals surface area contributed by atoms with E-state index < -0.39 is 27.9 Å². The van der Waals surface area contributed by atoms with Crippen LogP contribution in [0, 0.1) is 0 Å². The fraction of sp³-hybridized carbons (Fsp3) is 0.125. The molecule has 1 aromatic carbocycles. The second-order valence-electron chi connectivity index (χ2n) is 2.88. The molecule has 8 heteroatoms. The zero-order valence-corrected chi connectivity index (χ0v) is 8.64. The summed E-state index contributed by atoms with van der Waals surface area (Å²) in [5, 5.41) is 17.7. The molecule has 0 bridgehead atoms. The topological polar surface area (TPSA) is 121 Å². The summed E-state index contributed by atoms with van der Waals surface area (Å²) in [6, 6.07) is 3.34. The fourth-order valence-corrected chi connectivity index (χ4v) is 1.40. The van der Waals surface area contributed by atoms with Crippen LogP contribution in [0.4, 0.5) is 0 Å². The summed E-state index contributed by atoms with van der Waals surface area (Å²) in [5.74, 6) is -2.14. The first-order valence-corrected chi connectivity index (χ1v) is 5.35. The van der Waals surface area contributed by atoms with Crippen molar-refractivity contribution in [2.75, 3.05) is 0 Å². The number of rotatable bonds is 4. The number of phenols is 1. The third kappa shape index (κ3) is 3.75. The van der Waals surface area contributed by atoms with Crippen LogP contribution in [-0.4, -0.2) is 29.2 Å². The zero-order valence-electron chi connectivity index (χ0n) is 7.82. The molecule has 1 aromatic rings. The van der Waals surface area contributed by atoms with Crippen LogP contribution in [0.2, 0.25) is 0 Å². The van der Waals surface area contributed by atoms with E-state index in [1.807, 2.05) is 0 Å². The van der Waals surface area contributed by atoms with Crippen molar-refractivity contribution in [3.8, 4) is 11.5 Å². The molecule has 0 spiro atoms. The van der Waals surface area contributed by atoms with Gasteiger partial charge in [0, 0.05) is 0 Å². The Balaban J connectivity index is 2.96. The minimum atomic E-state index is -4.71. The SMILES string of the molecule is O=C(O)Cc1ccc(OS(=O)(=O)O)c(O)c1. The normalized spacial score (nSPS) is 11.1. The Morgan fingerprint density at radius 1 is 1.38 bits per heavy atom. The van der Waals surface area contributed by atoms with E-state index in [1.54, 1.807) is 0 Å². The summed E-state index contributed by atoms with van der Waals surface area (Å²) in [7, 11) is -4.71. The number of hydrogen-bond acceptors (Lipinski definition) is 5. The van der Waals surface area contributed by atoms with Gasteiger partial charge in [0.25, 0.3) is 0 Å². The van der Waals surface area contributed by atoms with E-state index in [4.69, 9.17) is 9.66 Å². The zero-order chi connectivity index (χ0) is 12.3. The Bertz CT molecular complexity index is 505. The molecule has 0 atom stereocenters. The molecule has 0 aliphatic heterocycles. The minimum Gasteiger partial charge on any atom is -0.504 e. The van der Waals surface area contributed by atoms with Crippen LogP contribution in [0.25, 0.3) is 0 Å². The van der Waals surface area contributed by atoms with Gasteiger partial charge in [-0.05, 0) is 17.7 Å². The Labute approximate surface area is 90.9 Å². The second kappa shape index (κ2) is 4.37. The lowest BCUT2D eigenvalue weighted by molar-refractivity contribution is -0.136. The predicted molar refractivity (Wildman–Crippen MR) is 51.6 cm³/mol. The summed E-state index contributed by atoms with van der Waals surface area (Å²) in [4.78, 5) is 10.3. The second-order valence-corrected chi connectivity index (χ2v) is 3.91. The van der Waals surface area contributed by atoms with Crippen molar-refractivity contribution in [3.63, 3.8) is 0 Å². The summed E-state index contributed by atoms with van der Waals surface area (Å²) < 4.78 is 33.1. The van der Waals surface area contributed by atoms with Gasteiger partial charge in [0.15, 0.2) is 11.5 Å². The lowest BCUT2D eigenvalue weighted by Crippen LogP contribution is -2.07. The van der Waals surface area contributed by atoms with Crippen molar-refractivity contribution in [3.05, 3.63) is 23.8 Å². The molecule has 0 unspecified atom stereocenters. The first-order chi connectivity index (χ1) is 7.28. The van der Waals surface area contributed by atoms with E-state index in [1.165, 1.54) is 6.07 Å². The van der Waals surface area contributed by atoms with Gasteiger partial charge >= 0.3 is 16.4 Å². The Kier molecular flexibility index (Phi) is 3.35. The standard InChI is InChI=1S/C8H8O7S/c9-6-3-5(4-8(10)11)1-2-7(6)15-16(12,13)14/h1-3,9H,4H2,(H,10,11)(H,12,13,14). The number of carboxylic acids is 1. The van der Waals surface area contributed by atoms with Gasteiger partial charge in [0.05, 0.1) is 6.42 Å². The maximum Gasteiger partial charge on any atom is 0.446 e. The van der Waals surface area contributed by atoms with Gasteiger partial charge < -0.3 is 14.4 Å². The van der Waals surface area contributed by atoms with Gasteiger partial charge in [0.2, 0.25) is 0 Å². The molecular formula is C8H8O7S. The molecular weight excluding hydrogens is 240 g/mol. The average molecular weight is 248 g/mol. The van der Waals surface area contributed by atoms with Crippen LogP contribution in [0.1, 0.15) is 5.56 Å². The Morgan fingerprint density at radius 3 is 2.44 bits per heavy atom. The van der Waals surface area contributed by atoms with E-state index in [2.05, 4.69) is 4.18 Å².